The fourth-order valence-electron chi connectivity index (χ4n) is 3.56. The lowest BCUT2D eigenvalue weighted by molar-refractivity contribution is -0.130. The maximum absolute atomic E-state index is 12.3. The minimum atomic E-state index is -0.652. The Bertz CT molecular complexity index is 601. The molecule has 1 aromatic rings. The largest absolute Gasteiger partial charge is 0.379 e. The standard InChI is InChI=1S/C15H19N3OS/c1-14-11-7-3-2-5-10(11)6-4-8-15(14,12(16)19)9-20-13(17)18-14/h2-3,5,7H,4,6,8-9H2,1H3,(H2,16,19)(H2,17,18)/t14-,15+/m1/s1. The van der Waals surface area contributed by atoms with Crippen LogP contribution in [0.4, 0.5) is 0 Å². The van der Waals surface area contributed by atoms with E-state index < -0.39 is 11.0 Å². The molecule has 0 unspecified atom stereocenters. The molecule has 106 valence electrons. The zero-order valence-corrected chi connectivity index (χ0v) is 12.4. The predicted octanol–water partition coefficient (Wildman–Crippen LogP) is 1.77. The van der Waals surface area contributed by atoms with E-state index in [0.29, 0.717) is 10.9 Å². The van der Waals surface area contributed by atoms with E-state index in [1.807, 2.05) is 19.1 Å². The van der Waals surface area contributed by atoms with Crippen molar-refractivity contribution in [3.05, 3.63) is 35.4 Å². The number of amidine groups is 1. The van der Waals surface area contributed by atoms with Crippen molar-refractivity contribution < 1.29 is 4.79 Å². The van der Waals surface area contributed by atoms with Crippen molar-refractivity contribution >= 4 is 22.8 Å². The molecule has 4 nitrogen and oxygen atoms in total. The lowest BCUT2D eigenvalue weighted by atomic mass is 9.66. The first-order valence-electron chi connectivity index (χ1n) is 6.86. The number of aryl methyl sites for hydroxylation is 1. The van der Waals surface area contributed by atoms with Crippen LogP contribution in [0.25, 0.3) is 0 Å². The number of benzene rings is 1. The normalized spacial score (nSPS) is 32.5. The molecular formula is C15H19N3OS. The van der Waals surface area contributed by atoms with Crippen molar-refractivity contribution in [3.8, 4) is 0 Å². The van der Waals surface area contributed by atoms with Gasteiger partial charge in [-0.15, -0.1) is 0 Å². The Labute approximate surface area is 123 Å². The number of thioether (sulfide) groups is 1. The van der Waals surface area contributed by atoms with Crippen molar-refractivity contribution in [1.82, 2.24) is 0 Å². The summed E-state index contributed by atoms with van der Waals surface area (Å²) < 4.78 is 0. The SMILES string of the molecule is C[C@]12N=C(N)SC[C@]1(C(N)=O)CCCc1ccccc12. The van der Waals surface area contributed by atoms with E-state index >= 15 is 0 Å². The van der Waals surface area contributed by atoms with Crippen molar-refractivity contribution in [2.45, 2.75) is 31.7 Å². The van der Waals surface area contributed by atoms with Gasteiger partial charge in [-0.05, 0) is 37.3 Å². The Morgan fingerprint density at radius 1 is 1.40 bits per heavy atom. The number of hydrogen-bond acceptors (Lipinski definition) is 4. The fourth-order valence-corrected chi connectivity index (χ4v) is 4.77. The molecule has 1 amide bonds. The van der Waals surface area contributed by atoms with E-state index in [0.717, 1.165) is 24.8 Å². The number of primary amides is 1. The van der Waals surface area contributed by atoms with Crippen LogP contribution in [0, 0.1) is 5.41 Å². The molecule has 0 saturated heterocycles. The highest BCUT2D eigenvalue weighted by molar-refractivity contribution is 8.13. The maximum atomic E-state index is 12.3. The Morgan fingerprint density at radius 2 is 2.15 bits per heavy atom. The van der Waals surface area contributed by atoms with Gasteiger partial charge in [-0.2, -0.15) is 0 Å². The molecule has 20 heavy (non-hydrogen) atoms. The highest BCUT2D eigenvalue weighted by Crippen LogP contribution is 2.53. The molecule has 0 saturated carbocycles. The number of nitrogens with zero attached hydrogens (tertiary/aromatic N) is 1. The van der Waals surface area contributed by atoms with Gasteiger partial charge in [0.15, 0.2) is 5.17 Å². The summed E-state index contributed by atoms with van der Waals surface area (Å²) in [4.78, 5) is 17.0. The number of hydrogen-bond donors (Lipinski definition) is 2. The summed E-state index contributed by atoms with van der Waals surface area (Å²) in [6.07, 6.45) is 2.67. The zero-order chi connectivity index (χ0) is 14.4. The second-order valence-corrected chi connectivity index (χ2v) is 6.76. The Kier molecular flexibility index (Phi) is 3.05. The molecule has 0 spiro atoms. The number of aliphatic imine (C=N–C) groups is 1. The molecule has 3 rings (SSSR count). The first-order chi connectivity index (χ1) is 9.49. The van der Waals surface area contributed by atoms with Crippen molar-refractivity contribution in [1.29, 1.82) is 0 Å². The average Bonchev–Trinajstić information content (AvgIpc) is 2.53. The molecule has 4 N–H and O–H groups in total. The predicted molar refractivity (Wildman–Crippen MR) is 82.4 cm³/mol. The molecule has 1 aliphatic heterocycles. The molecule has 2 atom stereocenters. The van der Waals surface area contributed by atoms with Crippen LogP contribution in [-0.2, 0) is 16.8 Å². The second kappa shape index (κ2) is 4.52. The van der Waals surface area contributed by atoms with Crippen LogP contribution in [0.2, 0.25) is 0 Å². The van der Waals surface area contributed by atoms with Crippen LogP contribution < -0.4 is 11.5 Å². The summed E-state index contributed by atoms with van der Waals surface area (Å²) in [5.74, 6) is 0.350. The van der Waals surface area contributed by atoms with Crippen LogP contribution in [0.15, 0.2) is 29.3 Å². The molecule has 0 bridgehead atoms. The van der Waals surface area contributed by atoms with Gasteiger partial charge >= 0.3 is 0 Å². The van der Waals surface area contributed by atoms with E-state index in [9.17, 15) is 4.79 Å². The van der Waals surface area contributed by atoms with Crippen LogP contribution in [0.1, 0.15) is 30.9 Å². The number of carbonyl (C=O) groups is 1. The van der Waals surface area contributed by atoms with E-state index in [1.165, 1.54) is 17.3 Å². The average molecular weight is 289 g/mol. The summed E-state index contributed by atoms with van der Waals surface area (Å²) in [5, 5.41) is 0.543. The van der Waals surface area contributed by atoms with Gasteiger partial charge in [-0.1, -0.05) is 36.0 Å². The molecule has 0 fully saturated rings. The van der Waals surface area contributed by atoms with Crippen molar-refractivity contribution in [2.75, 3.05) is 5.75 Å². The second-order valence-electron chi connectivity index (χ2n) is 5.77. The Morgan fingerprint density at radius 3 is 2.90 bits per heavy atom. The molecular weight excluding hydrogens is 270 g/mol. The van der Waals surface area contributed by atoms with Gasteiger partial charge in [0, 0.05) is 5.75 Å². The summed E-state index contributed by atoms with van der Waals surface area (Å²) >= 11 is 1.44. The first-order valence-corrected chi connectivity index (χ1v) is 7.85. The summed E-state index contributed by atoms with van der Waals surface area (Å²) in [6.45, 7) is 2.01. The van der Waals surface area contributed by atoms with Gasteiger partial charge in [0.1, 0.15) is 5.54 Å². The minimum Gasteiger partial charge on any atom is -0.379 e. The van der Waals surface area contributed by atoms with Gasteiger partial charge in [-0.3, -0.25) is 9.79 Å². The first kappa shape index (κ1) is 13.5. The minimum absolute atomic E-state index is 0.263. The highest BCUT2D eigenvalue weighted by Gasteiger charge is 2.57. The van der Waals surface area contributed by atoms with Gasteiger partial charge in [0.2, 0.25) is 5.91 Å². The van der Waals surface area contributed by atoms with Gasteiger partial charge < -0.3 is 11.5 Å². The Hall–Kier alpha value is -1.49. The number of rotatable bonds is 1. The van der Waals surface area contributed by atoms with Crippen LogP contribution in [-0.4, -0.2) is 16.8 Å². The van der Waals surface area contributed by atoms with Crippen molar-refractivity contribution in [2.24, 2.45) is 21.9 Å². The fraction of sp³-hybridized carbons (Fsp3) is 0.467. The molecule has 1 heterocycles. The topological polar surface area (TPSA) is 81.5 Å². The third kappa shape index (κ3) is 1.69. The van der Waals surface area contributed by atoms with E-state index in [-0.39, 0.29) is 5.91 Å². The van der Waals surface area contributed by atoms with Crippen LogP contribution in [0.3, 0.4) is 0 Å². The quantitative estimate of drug-likeness (QED) is 0.826. The number of fused-ring (bicyclic) bond motifs is 3. The van der Waals surface area contributed by atoms with Gasteiger partial charge in [0.25, 0.3) is 0 Å². The molecule has 2 aliphatic rings. The number of amides is 1. The summed E-state index contributed by atoms with van der Waals surface area (Å²) in [7, 11) is 0. The zero-order valence-electron chi connectivity index (χ0n) is 11.6. The summed E-state index contributed by atoms with van der Waals surface area (Å²) in [5.41, 5.74) is 12.8. The van der Waals surface area contributed by atoms with Gasteiger partial charge in [-0.25, -0.2) is 0 Å². The smallest absolute Gasteiger partial charge is 0.227 e. The molecule has 1 aromatic carbocycles. The third-order valence-electron chi connectivity index (χ3n) is 4.80. The van der Waals surface area contributed by atoms with Crippen LogP contribution in [0.5, 0.6) is 0 Å². The van der Waals surface area contributed by atoms with Gasteiger partial charge in [0.05, 0.1) is 5.41 Å². The molecule has 1 aliphatic carbocycles. The summed E-state index contributed by atoms with van der Waals surface area (Å²) in [6, 6.07) is 8.20. The highest BCUT2D eigenvalue weighted by atomic mass is 32.2. The van der Waals surface area contributed by atoms with Crippen LogP contribution >= 0.6 is 11.8 Å². The lowest BCUT2D eigenvalue weighted by Crippen LogP contribution is -2.55. The van der Waals surface area contributed by atoms with Crippen molar-refractivity contribution in [3.63, 3.8) is 0 Å². The van der Waals surface area contributed by atoms with E-state index in [4.69, 9.17) is 11.5 Å². The lowest BCUT2D eigenvalue weighted by Gasteiger charge is -2.46. The third-order valence-corrected chi connectivity index (χ3v) is 5.82. The molecule has 5 heteroatoms. The van der Waals surface area contributed by atoms with E-state index in [2.05, 4.69) is 17.1 Å². The molecule has 0 radical (unpaired) electrons. The Balaban J connectivity index is 2.30. The maximum Gasteiger partial charge on any atom is 0.227 e. The number of carbonyl (C=O) groups excluding carboxylic acids is 1. The monoisotopic (exact) mass is 289 g/mol. The molecule has 0 aromatic heterocycles. The van der Waals surface area contributed by atoms with E-state index in [1.54, 1.807) is 0 Å². The number of nitrogens with two attached hydrogens (primary N) is 2.